The van der Waals surface area contributed by atoms with E-state index < -0.39 is 0 Å². The Bertz CT molecular complexity index is 437. The lowest BCUT2D eigenvalue weighted by atomic mass is 9.81. The van der Waals surface area contributed by atoms with Gasteiger partial charge in [0, 0.05) is 12.5 Å². The summed E-state index contributed by atoms with van der Waals surface area (Å²) in [5.74, 6) is 3.17. The third-order valence-corrected chi connectivity index (χ3v) is 5.17. The lowest BCUT2D eigenvalue weighted by molar-refractivity contribution is 0.272. The van der Waals surface area contributed by atoms with E-state index in [-0.39, 0.29) is 5.41 Å². The molecule has 1 aromatic rings. The molecule has 2 heterocycles. The first-order chi connectivity index (χ1) is 9.73. The van der Waals surface area contributed by atoms with Gasteiger partial charge < -0.3 is 9.84 Å². The minimum atomic E-state index is 0.0975. The van der Waals surface area contributed by atoms with Gasteiger partial charge in [-0.2, -0.15) is 4.98 Å². The van der Waals surface area contributed by atoms with Crippen LogP contribution in [0.3, 0.4) is 0 Å². The van der Waals surface area contributed by atoms with Crippen LogP contribution in [0.25, 0.3) is 0 Å². The first-order valence-electron chi connectivity index (χ1n) is 8.28. The SMILES string of the molecule is CCCC1(c2nc(C3CCCC(C)C3)no2)CCNC1. The van der Waals surface area contributed by atoms with Crippen molar-refractivity contribution in [3.8, 4) is 0 Å². The number of aromatic nitrogens is 2. The molecule has 0 amide bonds. The zero-order valence-corrected chi connectivity index (χ0v) is 12.8. The standard InChI is InChI=1S/C16H27N3O/c1-3-7-16(8-9-17-11-16)15-18-14(19-20-15)13-6-4-5-12(2)10-13/h12-13,17H,3-11H2,1-2H3. The maximum atomic E-state index is 5.69. The van der Waals surface area contributed by atoms with Gasteiger partial charge >= 0.3 is 0 Å². The maximum absolute atomic E-state index is 5.69. The van der Waals surface area contributed by atoms with Crippen molar-refractivity contribution < 1.29 is 4.52 Å². The monoisotopic (exact) mass is 277 g/mol. The Balaban J connectivity index is 1.78. The fourth-order valence-corrected chi connectivity index (χ4v) is 4.01. The number of hydrogen-bond donors (Lipinski definition) is 1. The Morgan fingerprint density at radius 1 is 1.40 bits per heavy atom. The molecular weight excluding hydrogens is 250 g/mol. The van der Waals surface area contributed by atoms with E-state index in [2.05, 4.69) is 24.3 Å². The molecule has 20 heavy (non-hydrogen) atoms. The van der Waals surface area contributed by atoms with Gasteiger partial charge in [0.25, 0.3) is 0 Å². The van der Waals surface area contributed by atoms with Crippen molar-refractivity contribution in [3.63, 3.8) is 0 Å². The predicted octanol–water partition coefficient (Wildman–Crippen LogP) is 3.39. The zero-order chi connectivity index (χ0) is 14.0. The molecule has 3 unspecified atom stereocenters. The number of rotatable bonds is 4. The number of nitrogens with zero attached hydrogens (tertiary/aromatic N) is 2. The molecule has 3 rings (SSSR count). The molecular formula is C16H27N3O. The fraction of sp³-hybridized carbons (Fsp3) is 0.875. The Morgan fingerprint density at radius 3 is 3.00 bits per heavy atom. The van der Waals surface area contributed by atoms with Crippen LogP contribution in [0.15, 0.2) is 4.52 Å². The van der Waals surface area contributed by atoms with Gasteiger partial charge in [-0.15, -0.1) is 0 Å². The van der Waals surface area contributed by atoms with Crippen molar-refractivity contribution in [1.29, 1.82) is 0 Å². The second kappa shape index (κ2) is 5.84. The van der Waals surface area contributed by atoms with Gasteiger partial charge in [0.05, 0.1) is 5.41 Å². The van der Waals surface area contributed by atoms with Crippen LogP contribution in [0.4, 0.5) is 0 Å². The first kappa shape index (κ1) is 14.1. The summed E-state index contributed by atoms with van der Waals surface area (Å²) in [4.78, 5) is 4.82. The van der Waals surface area contributed by atoms with E-state index >= 15 is 0 Å². The van der Waals surface area contributed by atoms with Gasteiger partial charge in [0.2, 0.25) is 5.89 Å². The fourth-order valence-electron chi connectivity index (χ4n) is 4.01. The zero-order valence-electron chi connectivity index (χ0n) is 12.8. The van der Waals surface area contributed by atoms with E-state index in [1.54, 1.807) is 0 Å². The highest BCUT2D eigenvalue weighted by atomic mass is 16.5. The van der Waals surface area contributed by atoms with Crippen LogP contribution in [0.2, 0.25) is 0 Å². The van der Waals surface area contributed by atoms with Crippen LogP contribution in [0, 0.1) is 5.92 Å². The summed E-state index contributed by atoms with van der Waals surface area (Å²) < 4.78 is 5.69. The van der Waals surface area contributed by atoms with Crippen molar-refractivity contribution >= 4 is 0 Å². The first-order valence-corrected chi connectivity index (χ1v) is 8.28. The summed E-state index contributed by atoms with van der Waals surface area (Å²) in [6.45, 7) is 6.63. The molecule has 1 N–H and O–H groups in total. The van der Waals surface area contributed by atoms with E-state index in [0.717, 1.165) is 43.6 Å². The van der Waals surface area contributed by atoms with E-state index in [1.807, 2.05) is 0 Å². The minimum Gasteiger partial charge on any atom is -0.339 e. The average Bonchev–Trinajstić information content (AvgIpc) is 3.08. The van der Waals surface area contributed by atoms with E-state index in [1.165, 1.54) is 32.1 Å². The molecule has 1 aliphatic carbocycles. The van der Waals surface area contributed by atoms with Gasteiger partial charge in [-0.1, -0.05) is 38.3 Å². The summed E-state index contributed by atoms with van der Waals surface area (Å²) in [6, 6.07) is 0. The third-order valence-electron chi connectivity index (χ3n) is 5.17. The Kier molecular flexibility index (Phi) is 4.11. The van der Waals surface area contributed by atoms with Crippen molar-refractivity contribution in [2.75, 3.05) is 13.1 Å². The molecule has 2 aliphatic rings. The van der Waals surface area contributed by atoms with Crippen molar-refractivity contribution in [3.05, 3.63) is 11.7 Å². The highest BCUT2D eigenvalue weighted by Gasteiger charge is 2.40. The van der Waals surface area contributed by atoms with E-state index in [0.29, 0.717) is 5.92 Å². The molecule has 0 bridgehead atoms. The van der Waals surface area contributed by atoms with Gasteiger partial charge in [-0.3, -0.25) is 0 Å². The molecule has 1 saturated carbocycles. The number of hydrogen-bond acceptors (Lipinski definition) is 4. The number of nitrogens with one attached hydrogen (secondary N) is 1. The highest BCUT2D eigenvalue weighted by Crippen LogP contribution is 2.38. The van der Waals surface area contributed by atoms with Crippen molar-refractivity contribution in [2.24, 2.45) is 5.92 Å². The van der Waals surface area contributed by atoms with Crippen molar-refractivity contribution in [2.45, 2.75) is 70.1 Å². The van der Waals surface area contributed by atoms with E-state index in [9.17, 15) is 0 Å². The smallest absolute Gasteiger partial charge is 0.234 e. The minimum absolute atomic E-state index is 0.0975. The average molecular weight is 277 g/mol. The Morgan fingerprint density at radius 2 is 2.30 bits per heavy atom. The van der Waals surface area contributed by atoms with Crippen LogP contribution >= 0.6 is 0 Å². The molecule has 1 aromatic heterocycles. The van der Waals surface area contributed by atoms with Gasteiger partial charge in [-0.25, -0.2) is 0 Å². The summed E-state index contributed by atoms with van der Waals surface area (Å²) in [6.07, 6.45) is 8.54. The van der Waals surface area contributed by atoms with Crippen LogP contribution in [-0.4, -0.2) is 23.2 Å². The van der Waals surface area contributed by atoms with Crippen LogP contribution in [0.1, 0.15) is 76.4 Å². The molecule has 4 heteroatoms. The molecule has 0 aromatic carbocycles. The highest BCUT2D eigenvalue weighted by molar-refractivity contribution is 5.11. The second-order valence-corrected chi connectivity index (χ2v) is 6.88. The van der Waals surface area contributed by atoms with Gasteiger partial charge in [-0.05, 0) is 38.1 Å². The predicted molar refractivity (Wildman–Crippen MR) is 78.7 cm³/mol. The Hall–Kier alpha value is -0.900. The lowest BCUT2D eigenvalue weighted by Gasteiger charge is -2.24. The summed E-state index contributed by atoms with van der Waals surface area (Å²) in [5.41, 5.74) is 0.0975. The normalized spacial score (nSPS) is 34.5. The van der Waals surface area contributed by atoms with E-state index in [4.69, 9.17) is 9.51 Å². The summed E-state index contributed by atoms with van der Waals surface area (Å²) in [5, 5.41) is 7.80. The molecule has 0 spiro atoms. The van der Waals surface area contributed by atoms with Crippen molar-refractivity contribution in [1.82, 2.24) is 15.5 Å². The van der Waals surface area contributed by atoms with Crippen LogP contribution in [0.5, 0.6) is 0 Å². The van der Waals surface area contributed by atoms with Crippen LogP contribution in [-0.2, 0) is 5.41 Å². The molecule has 112 valence electrons. The van der Waals surface area contributed by atoms with Gasteiger partial charge in [0.15, 0.2) is 5.82 Å². The molecule has 1 saturated heterocycles. The second-order valence-electron chi connectivity index (χ2n) is 6.88. The quantitative estimate of drug-likeness (QED) is 0.916. The topological polar surface area (TPSA) is 51.0 Å². The van der Waals surface area contributed by atoms with Crippen LogP contribution < -0.4 is 5.32 Å². The molecule has 2 fully saturated rings. The Labute approximate surface area is 121 Å². The van der Waals surface area contributed by atoms with Gasteiger partial charge in [0.1, 0.15) is 0 Å². The summed E-state index contributed by atoms with van der Waals surface area (Å²) >= 11 is 0. The molecule has 4 nitrogen and oxygen atoms in total. The third kappa shape index (κ3) is 2.62. The molecule has 1 aliphatic heterocycles. The maximum Gasteiger partial charge on any atom is 0.234 e. The molecule has 0 radical (unpaired) electrons. The largest absolute Gasteiger partial charge is 0.339 e. The molecule has 3 atom stereocenters. The lowest BCUT2D eigenvalue weighted by Crippen LogP contribution is -2.29. The summed E-state index contributed by atoms with van der Waals surface area (Å²) in [7, 11) is 0.